The zero-order chi connectivity index (χ0) is 15.1. The van der Waals surface area contributed by atoms with Gasteiger partial charge in [-0.1, -0.05) is 13.8 Å². The average Bonchev–Trinajstić information content (AvgIpc) is 2.54. The molecule has 2 rings (SSSR count). The molecule has 4 nitrogen and oxygen atoms in total. The SMILES string of the molecule is CCCN(CCN1CCOCC1)C1(CN)CCC(C)CC1. The molecule has 1 aliphatic heterocycles. The Balaban J connectivity index is 1.91. The quantitative estimate of drug-likeness (QED) is 0.780. The molecule has 2 N–H and O–H groups in total. The third-order valence-corrected chi connectivity index (χ3v) is 5.54. The molecule has 0 unspecified atom stereocenters. The van der Waals surface area contributed by atoms with Crippen LogP contribution in [0.2, 0.25) is 0 Å². The van der Waals surface area contributed by atoms with Crippen molar-refractivity contribution in [2.75, 3.05) is 52.5 Å². The van der Waals surface area contributed by atoms with Crippen molar-refractivity contribution in [3.05, 3.63) is 0 Å². The second kappa shape index (κ2) is 8.47. The summed E-state index contributed by atoms with van der Waals surface area (Å²) in [6.45, 7) is 13.0. The van der Waals surface area contributed by atoms with Gasteiger partial charge in [-0.15, -0.1) is 0 Å². The van der Waals surface area contributed by atoms with Crippen molar-refractivity contribution in [3.63, 3.8) is 0 Å². The van der Waals surface area contributed by atoms with E-state index in [4.69, 9.17) is 10.5 Å². The standard InChI is InChI=1S/C17H35N3O/c1-3-8-20(10-9-19-11-13-21-14-12-19)17(15-18)6-4-16(2)5-7-17/h16H,3-15,18H2,1-2H3. The molecule has 21 heavy (non-hydrogen) atoms. The van der Waals surface area contributed by atoms with Gasteiger partial charge >= 0.3 is 0 Å². The smallest absolute Gasteiger partial charge is 0.0594 e. The van der Waals surface area contributed by atoms with Crippen LogP contribution < -0.4 is 5.73 Å². The van der Waals surface area contributed by atoms with Crippen molar-refractivity contribution in [1.29, 1.82) is 0 Å². The molecule has 0 aromatic rings. The first-order chi connectivity index (χ1) is 10.2. The Hall–Kier alpha value is -0.160. The molecule has 0 radical (unpaired) electrons. The zero-order valence-electron chi connectivity index (χ0n) is 14.1. The zero-order valence-corrected chi connectivity index (χ0v) is 14.1. The van der Waals surface area contributed by atoms with E-state index in [1.54, 1.807) is 0 Å². The Morgan fingerprint density at radius 1 is 1.19 bits per heavy atom. The monoisotopic (exact) mass is 297 g/mol. The molecular weight excluding hydrogens is 262 g/mol. The average molecular weight is 297 g/mol. The van der Waals surface area contributed by atoms with Crippen molar-refractivity contribution < 1.29 is 4.74 Å². The number of morpholine rings is 1. The van der Waals surface area contributed by atoms with E-state index in [0.29, 0.717) is 0 Å². The minimum absolute atomic E-state index is 0.273. The lowest BCUT2D eigenvalue weighted by molar-refractivity contribution is 0.00932. The topological polar surface area (TPSA) is 41.7 Å². The van der Waals surface area contributed by atoms with Crippen LogP contribution in [0.15, 0.2) is 0 Å². The van der Waals surface area contributed by atoms with Crippen LogP contribution >= 0.6 is 0 Å². The molecular formula is C17H35N3O. The van der Waals surface area contributed by atoms with Crippen molar-refractivity contribution in [2.45, 2.75) is 51.5 Å². The fourth-order valence-electron chi connectivity index (χ4n) is 3.89. The molecule has 1 saturated carbocycles. The fourth-order valence-corrected chi connectivity index (χ4v) is 3.89. The highest BCUT2D eigenvalue weighted by atomic mass is 16.5. The van der Waals surface area contributed by atoms with Crippen LogP contribution in [0, 0.1) is 5.92 Å². The fraction of sp³-hybridized carbons (Fsp3) is 1.00. The molecule has 4 heteroatoms. The van der Waals surface area contributed by atoms with Gasteiger partial charge < -0.3 is 10.5 Å². The van der Waals surface area contributed by atoms with Crippen molar-refractivity contribution in [1.82, 2.24) is 9.80 Å². The minimum atomic E-state index is 0.273. The summed E-state index contributed by atoms with van der Waals surface area (Å²) in [4.78, 5) is 5.26. The van der Waals surface area contributed by atoms with Crippen LogP contribution in [0.3, 0.4) is 0 Å². The molecule has 2 fully saturated rings. The van der Waals surface area contributed by atoms with Gasteiger partial charge in [-0.05, 0) is 44.6 Å². The van der Waals surface area contributed by atoms with E-state index in [0.717, 1.165) is 38.8 Å². The van der Waals surface area contributed by atoms with E-state index in [1.165, 1.54) is 51.7 Å². The summed E-state index contributed by atoms with van der Waals surface area (Å²) < 4.78 is 5.45. The van der Waals surface area contributed by atoms with Crippen LogP contribution in [-0.4, -0.2) is 67.8 Å². The largest absolute Gasteiger partial charge is 0.379 e. The minimum Gasteiger partial charge on any atom is -0.379 e. The van der Waals surface area contributed by atoms with E-state index in [-0.39, 0.29) is 5.54 Å². The van der Waals surface area contributed by atoms with Gasteiger partial charge in [0.05, 0.1) is 13.2 Å². The number of nitrogens with two attached hydrogens (primary N) is 1. The summed E-state index contributed by atoms with van der Waals surface area (Å²) in [6.07, 6.45) is 6.48. The number of hydrogen-bond acceptors (Lipinski definition) is 4. The molecule has 0 atom stereocenters. The maximum absolute atomic E-state index is 6.25. The van der Waals surface area contributed by atoms with Gasteiger partial charge in [0.2, 0.25) is 0 Å². The third kappa shape index (κ3) is 4.65. The van der Waals surface area contributed by atoms with E-state index >= 15 is 0 Å². The van der Waals surface area contributed by atoms with Gasteiger partial charge in [-0.2, -0.15) is 0 Å². The lowest BCUT2D eigenvalue weighted by Crippen LogP contribution is -2.57. The summed E-state index contributed by atoms with van der Waals surface area (Å²) in [5.74, 6) is 0.882. The lowest BCUT2D eigenvalue weighted by atomic mass is 9.76. The first-order valence-electron chi connectivity index (χ1n) is 8.95. The second-order valence-corrected chi connectivity index (χ2v) is 7.05. The Labute approximate surface area is 131 Å². The normalized spacial score (nSPS) is 31.7. The van der Waals surface area contributed by atoms with Crippen LogP contribution in [-0.2, 0) is 4.74 Å². The first-order valence-corrected chi connectivity index (χ1v) is 8.95. The summed E-state index contributed by atoms with van der Waals surface area (Å²) >= 11 is 0. The van der Waals surface area contributed by atoms with Crippen LogP contribution in [0.5, 0.6) is 0 Å². The molecule has 0 aromatic heterocycles. The van der Waals surface area contributed by atoms with Crippen molar-refractivity contribution in [3.8, 4) is 0 Å². The van der Waals surface area contributed by atoms with Gasteiger partial charge in [-0.3, -0.25) is 9.80 Å². The number of rotatable bonds is 7. The van der Waals surface area contributed by atoms with Gasteiger partial charge in [-0.25, -0.2) is 0 Å². The molecule has 0 spiro atoms. The van der Waals surface area contributed by atoms with Crippen LogP contribution in [0.25, 0.3) is 0 Å². The Morgan fingerprint density at radius 3 is 2.43 bits per heavy atom. The summed E-state index contributed by atoms with van der Waals surface area (Å²) in [6, 6.07) is 0. The maximum Gasteiger partial charge on any atom is 0.0594 e. The van der Waals surface area contributed by atoms with E-state index in [1.807, 2.05) is 0 Å². The summed E-state index contributed by atoms with van der Waals surface area (Å²) in [5.41, 5.74) is 6.52. The maximum atomic E-state index is 6.25. The molecule has 1 aliphatic carbocycles. The molecule has 1 heterocycles. The highest BCUT2D eigenvalue weighted by Gasteiger charge is 2.37. The van der Waals surface area contributed by atoms with E-state index in [2.05, 4.69) is 23.6 Å². The van der Waals surface area contributed by atoms with E-state index < -0.39 is 0 Å². The molecule has 0 aromatic carbocycles. The number of ether oxygens (including phenoxy) is 1. The predicted molar refractivity (Wildman–Crippen MR) is 88.5 cm³/mol. The van der Waals surface area contributed by atoms with Crippen LogP contribution in [0.1, 0.15) is 46.0 Å². The van der Waals surface area contributed by atoms with Gasteiger partial charge in [0.1, 0.15) is 0 Å². The van der Waals surface area contributed by atoms with E-state index in [9.17, 15) is 0 Å². The highest BCUT2D eigenvalue weighted by molar-refractivity contribution is 4.95. The Kier molecular flexibility index (Phi) is 6.93. The van der Waals surface area contributed by atoms with Crippen molar-refractivity contribution in [2.24, 2.45) is 11.7 Å². The molecule has 124 valence electrons. The predicted octanol–water partition coefficient (Wildman–Crippen LogP) is 1.94. The highest BCUT2D eigenvalue weighted by Crippen LogP contribution is 2.35. The van der Waals surface area contributed by atoms with Crippen molar-refractivity contribution >= 4 is 0 Å². The molecule has 1 saturated heterocycles. The lowest BCUT2D eigenvalue weighted by Gasteiger charge is -2.48. The summed E-state index contributed by atoms with van der Waals surface area (Å²) in [7, 11) is 0. The molecule has 0 bridgehead atoms. The molecule has 2 aliphatic rings. The molecule has 0 amide bonds. The second-order valence-electron chi connectivity index (χ2n) is 7.05. The van der Waals surface area contributed by atoms with Crippen LogP contribution in [0.4, 0.5) is 0 Å². The third-order valence-electron chi connectivity index (χ3n) is 5.54. The van der Waals surface area contributed by atoms with Gasteiger partial charge in [0, 0.05) is 38.3 Å². The Bertz CT molecular complexity index is 284. The number of hydrogen-bond donors (Lipinski definition) is 1. The van der Waals surface area contributed by atoms with Gasteiger partial charge in [0.15, 0.2) is 0 Å². The summed E-state index contributed by atoms with van der Waals surface area (Å²) in [5, 5.41) is 0. The Morgan fingerprint density at radius 2 is 1.86 bits per heavy atom. The number of nitrogens with zero attached hydrogens (tertiary/aromatic N) is 2. The van der Waals surface area contributed by atoms with Gasteiger partial charge in [0.25, 0.3) is 0 Å². The first kappa shape index (κ1) is 17.2.